The molecule has 1 aromatic carbocycles. The molecule has 0 aliphatic heterocycles. The number of amides is 2. The van der Waals surface area contributed by atoms with Crippen LogP contribution >= 0.6 is 0 Å². The van der Waals surface area contributed by atoms with Gasteiger partial charge in [0.25, 0.3) is 11.8 Å². The summed E-state index contributed by atoms with van der Waals surface area (Å²) in [7, 11) is 1.69. The van der Waals surface area contributed by atoms with Gasteiger partial charge in [-0.15, -0.1) is 0 Å². The minimum absolute atomic E-state index is 0.0870. The summed E-state index contributed by atoms with van der Waals surface area (Å²) >= 11 is 0. The summed E-state index contributed by atoms with van der Waals surface area (Å²) in [6.07, 6.45) is 3.35. The van der Waals surface area contributed by atoms with Crippen molar-refractivity contribution in [3.63, 3.8) is 0 Å². The zero-order valence-corrected chi connectivity index (χ0v) is 14.2. The Balaban J connectivity index is 1.63. The number of ether oxygens (including phenoxy) is 1. The largest absolute Gasteiger partial charge is 0.451 e. The lowest BCUT2D eigenvalue weighted by Gasteiger charge is -2.41. The van der Waals surface area contributed by atoms with Crippen molar-refractivity contribution in [3.8, 4) is 11.3 Å². The van der Waals surface area contributed by atoms with E-state index in [1.54, 1.807) is 37.4 Å². The van der Waals surface area contributed by atoms with E-state index in [9.17, 15) is 9.59 Å². The van der Waals surface area contributed by atoms with Gasteiger partial charge in [0.1, 0.15) is 5.76 Å². The molecule has 132 valence electrons. The van der Waals surface area contributed by atoms with Gasteiger partial charge in [-0.2, -0.15) is 0 Å². The highest BCUT2D eigenvalue weighted by Crippen LogP contribution is 2.40. The number of primary amides is 1. The lowest BCUT2D eigenvalue weighted by atomic mass is 9.69. The number of nitrogens with two attached hydrogens (primary N) is 1. The van der Waals surface area contributed by atoms with Gasteiger partial charge in [0, 0.05) is 30.2 Å². The van der Waals surface area contributed by atoms with Crippen molar-refractivity contribution < 1.29 is 18.7 Å². The first-order valence-corrected chi connectivity index (χ1v) is 8.30. The second kappa shape index (κ2) is 7.11. The smallest absolute Gasteiger partial charge is 0.284 e. The second-order valence-electron chi connectivity index (χ2n) is 6.57. The van der Waals surface area contributed by atoms with E-state index in [0.29, 0.717) is 24.5 Å². The number of nitrogens with one attached hydrogen (secondary N) is 1. The Labute approximate surface area is 146 Å². The van der Waals surface area contributed by atoms with Crippen LogP contribution in [-0.4, -0.2) is 32.1 Å². The van der Waals surface area contributed by atoms with Crippen molar-refractivity contribution in [1.82, 2.24) is 5.32 Å². The number of carbonyl (C=O) groups is 2. The molecule has 0 saturated heterocycles. The topological polar surface area (TPSA) is 94.6 Å². The molecule has 2 amide bonds. The SMILES string of the molecule is COCC1(CNC(=O)c2ccc(-c3ccc(C(N)=O)o3)cc2)CCC1. The summed E-state index contributed by atoms with van der Waals surface area (Å²) in [4.78, 5) is 23.4. The molecule has 3 N–H and O–H groups in total. The predicted molar refractivity (Wildman–Crippen MR) is 93.2 cm³/mol. The van der Waals surface area contributed by atoms with E-state index in [1.165, 1.54) is 12.5 Å². The molecule has 1 aromatic heterocycles. The molecule has 1 heterocycles. The molecular weight excluding hydrogens is 320 g/mol. The van der Waals surface area contributed by atoms with Crippen LogP contribution in [0.25, 0.3) is 11.3 Å². The van der Waals surface area contributed by atoms with Gasteiger partial charge >= 0.3 is 0 Å². The van der Waals surface area contributed by atoms with E-state index in [0.717, 1.165) is 18.4 Å². The van der Waals surface area contributed by atoms with E-state index in [-0.39, 0.29) is 17.1 Å². The fraction of sp³-hybridized carbons (Fsp3) is 0.368. The zero-order valence-electron chi connectivity index (χ0n) is 14.2. The molecule has 1 fully saturated rings. The maximum absolute atomic E-state index is 12.3. The maximum Gasteiger partial charge on any atom is 0.284 e. The molecule has 0 spiro atoms. The standard InChI is InChI=1S/C19H22N2O4/c1-24-12-19(9-2-10-19)11-21-18(23)14-5-3-13(4-6-14)15-7-8-16(25-15)17(20)22/h3-8H,2,9-12H2,1H3,(H2,20,22)(H,21,23). The number of hydrogen-bond acceptors (Lipinski definition) is 4. The second-order valence-corrected chi connectivity index (χ2v) is 6.57. The van der Waals surface area contributed by atoms with E-state index in [2.05, 4.69) is 5.32 Å². The van der Waals surface area contributed by atoms with Crippen LogP contribution in [0.5, 0.6) is 0 Å². The molecule has 0 bridgehead atoms. The van der Waals surface area contributed by atoms with Gasteiger partial charge in [0.2, 0.25) is 0 Å². The number of methoxy groups -OCH3 is 1. The first kappa shape index (κ1) is 17.2. The molecule has 1 saturated carbocycles. The van der Waals surface area contributed by atoms with Crippen LogP contribution in [0, 0.1) is 5.41 Å². The summed E-state index contributed by atoms with van der Waals surface area (Å²) in [5.41, 5.74) is 6.63. The van der Waals surface area contributed by atoms with Crippen LogP contribution in [0.1, 0.15) is 40.2 Å². The molecule has 2 aromatic rings. The minimum atomic E-state index is -0.608. The summed E-state index contributed by atoms with van der Waals surface area (Å²) in [5, 5.41) is 3.00. The number of hydrogen-bond donors (Lipinski definition) is 2. The van der Waals surface area contributed by atoms with E-state index >= 15 is 0 Å². The van der Waals surface area contributed by atoms with Crippen LogP contribution in [0.15, 0.2) is 40.8 Å². The van der Waals surface area contributed by atoms with Crippen LogP contribution < -0.4 is 11.1 Å². The third-order valence-electron chi connectivity index (χ3n) is 4.77. The highest BCUT2D eigenvalue weighted by molar-refractivity contribution is 5.94. The average molecular weight is 342 g/mol. The van der Waals surface area contributed by atoms with E-state index in [4.69, 9.17) is 14.9 Å². The zero-order chi connectivity index (χ0) is 17.9. The molecule has 0 atom stereocenters. The molecule has 3 rings (SSSR count). The van der Waals surface area contributed by atoms with Crippen LogP contribution in [-0.2, 0) is 4.74 Å². The van der Waals surface area contributed by atoms with Crippen molar-refractivity contribution in [2.45, 2.75) is 19.3 Å². The molecule has 1 aliphatic rings. The van der Waals surface area contributed by atoms with Crippen molar-refractivity contribution in [2.75, 3.05) is 20.3 Å². The summed E-state index contributed by atoms with van der Waals surface area (Å²) in [5.74, 6) is -0.0653. The third-order valence-corrected chi connectivity index (χ3v) is 4.77. The lowest BCUT2D eigenvalue weighted by molar-refractivity contribution is 0.0180. The maximum atomic E-state index is 12.3. The number of carbonyl (C=O) groups excluding carboxylic acids is 2. The fourth-order valence-electron chi connectivity index (χ4n) is 3.14. The Morgan fingerprint density at radius 2 is 1.92 bits per heavy atom. The normalized spacial score (nSPS) is 15.4. The van der Waals surface area contributed by atoms with Gasteiger partial charge in [-0.1, -0.05) is 18.6 Å². The first-order valence-electron chi connectivity index (χ1n) is 8.30. The van der Waals surface area contributed by atoms with Gasteiger partial charge in [-0.05, 0) is 37.1 Å². The molecular formula is C19H22N2O4. The summed E-state index contributed by atoms with van der Waals surface area (Å²) in [6.45, 7) is 1.30. The van der Waals surface area contributed by atoms with Crippen LogP contribution in [0.2, 0.25) is 0 Å². The van der Waals surface area contributed by atoms with Crippen LogP contribution in [0.3, 0.4) is 0 Å². The highest BCUT2D eigenvalue weighted by Gasteiger charge is 2.37. The van der Waals surface area contributed by atoms with Gasteiger partial charge in [0.15, 0.2) is 5.76 Å². The van der Waals surface area contributed by atoms with Crippen molar-refractivity contribution >= 4 is 11.8 Å². The van der Waals surface area contributed by atoms with Gasteiger partial charge < -0.3 is 20.2 Å². The van der Waals surface area contributed by atoms with Gasteiger partial charge in [0.05, 0.1) is 6.61 Å². The molecule has 6 heteroatoms. The van der Waals surface area contributed by atoms with Gasteiger partial charge in [-0.3, -0.25) is 9.59 Å². The van der Waals surface area contributed by atoms with Crippen molar-refractivity contribution in [1.29, 1.82) is 0 Å². The lowest BCUT2D eigenvalue weighted by Crippen LogP contribution is -2.45. The molecule has 1 aliphatic carbocycles. The fourth-order valence-corrected chi connectivity index (χ4v) is 3.14. The minimum Gasteiger partial charge on any atom is -0.451 e. The van der Waals surface area contributed by atoms with Crippen molar-refractivity contribution in [3.05, 3.63) is 47.7 Å². The Morgan fingerprint density at radius 3 is 2.44 bits per heavy atom. The number of furan rings is 1. The Kier molecular flexibility index (Phi) is 4.90. The third kappa shape index (κ3) is 3.74. The van der Waals surface area contributed by atoms with E-state index in [1.807, 2.05) is 0 Å². The summed E-state index contributed by atoms with van der Waals surface area (Å²) in [6, 6.07) is 10.3. The predicted octanol–water partition coefficient (Wildman–Crippen LogP) is 2.59. The molecule has 0 unspecified atom stereocenters. The monoisotopic (exact) mass is 342 g/mol. The molecule has 0 radical (unpaired) electrons. The molecule has 6 nitrogen and oxygen atoms in total. The Morgan fingerprint density at radius 1 is 1.20 bits per heavy atom. The van der Waals surface area contributed by atoms with Crippen LogP contribution in [0.4, 0.5) is 0 Å². The molecule has 25 heavy (non-hydrogen) atoms. The van der Waals surface area contributed by atoms with Crippen molar-refractivity contribution in [2.24, 2.45) is 11.1 Å². The Bertz CT molecular complexity index is 760. The number of benzene rings is 1. The first-order chi connectivity index (χ1) is 12.0. The summed E-state index contributed by atoms with van der Waals surface area (Å²) < 4.78 is 10.7. The average Bonchev–Trinajstić information content (AvgIpc) is 3.07. The quantitative estimate of drug-likeness (QED) is 0.808. The van der Waals surface area contributed by atoms with E-state index < -0.39 is 5.91 Å². The Hall–Kier alpha value is -2.60. The van der Waals surface area contributed by atoms with Gasteiger partial charge in [-0.25, -0.2) is 0 Å². The highest BCUT2D eigenvalue weighted by atomic mass is 16.5. The number of rotatable bonds is 7.